The van der Waals surface area contributed by atoms with Crippen molar-refractivity contribution in [2.24, 2.45) is 15.8 Å². The lowest BCUT2D eigenvalue weighted by Crippen LogP contribution is -2.45. The molecule has 0 saturated carbocycles. The van der Waals surface area contributed by atoms with Crippen LogP contribution in [-0.2, 0) is 0 Å². The zero-order valence-electron chi connectivity index (χ0n) is 8.61. The van der Waals surface area contributed by atoms with Crippen LogP contribution in [0.2, 0.25) is 0 Å². The van der Waals surface area contributed by atoms with E-state index in [1.54, 1.807) is 0 Å². The Morgan fingerprint density at radius 1 is 1.43 bits per heavy atom. The van der Waals surface area contributed by atoms with Gasteiger partial charge in [-0.3, -0.25) is 4.90 Å². The molecule has 3 N–H and O–H groups in total. The standard InChI is InChI=1S/C8H18N6.H2/c1-13-4-6-14(7-5-13)3-2-11-8(9)12-10;/h10H,2-7H2,1H3,(H2,9,11);1H. The van der Waals surface area contributed by atoms with E-state index < -0.39 is 0 Å². The van der Waals surface area contributed by atoms with Crippen molar-refractivity contribution in [3.63, 3.8) is 0 Å². The second-order valence-corrected chi connectivity index (χ2v) is 3.50. The summed E-state index contributed by atoms with van der Waals surface area (Å²) in [5, 5.41) is 3.03. The quantitative estimate of drug-likeness (QED) is 0.377. The molecule has 0 atom stereocenters. The number of piperazine rings is 1. The maximum atomic E-state index is 6.61. The van der Waals surface area contributed by atoms with Crippen molar-refractivity contribution < 1.29 is 1.43 Å². The van der Waals surface area contributed by atoms with Crippen molar-refractivity contribution in [3.05, 3.63) is 0 Å². The van der Waals surface area contributed by atoms with Crippen LogP contribution >= 0.6 is 0 Å². The lowest BCUT2D eigenvalue weighted by Gasteiger charge is -2.31. The number of likely N-dealkylation sites (N-methyl/N-ethyl adjacent to an activating group) is 1. The van der Waals surface area contributed by atoms with Crippen molar-refractivity contribution in [2.45, 2.75) is 0 Å². The third-order valence-electron chi connectivity index (χ3n) is 2.40. The van der Waals surface area contributed by atoms with Crippen molar-refractivity contribution in [3.8, 4) is 0 Å². The molecule has 1 aliphatic rings. The van der Waals surface area contributed by atoms with Gasteiger partial charge in [0.15, 0.2) is 0 Å². The van der Waals surface area contributed by atoms with Crippen LogP contribution in [0.4, 0.5) is 0 Å². The van der Waals surface area contributed by atoms with Gasteiger partial charge in [0.1, 0.15) is 0 Å². The number of nitrogens with zero attached hydrogens (tertiary/aromatic N) is 4. The van der Waals surface area contributed by atoms with Gasteiger partial charge in [0, 0.05) is 34.2 Å². The van der Waals surface area contributed by atoms with Crippen molar-refractivity contribution in [1.82, 2.24) is 9.80 Å². The average molecular weight is 200 g/mol. The molecule has 1 fully saturated rings. The maximum absolute atomic E-state index is 6.61. The lowest BCUT2D eigenvalue weighted by molar-refractivity contribution is 0.157. The van der Waals surface area contributed by atoms with Crippen LogP contribution in [0.25, 0.3) is 0 Å². The van der Waals surface area contributed by atoms with Crippen LogP contribution < -0.4 is 5.73 Å². The molecule has 6 nitrogen and oxygen atoms in total. The Kier molecular flexibility index (Phi) is 4.48. The summed E-state index contributed by atoms with van der Waals surface area (Å²) >= 11 is 0. The van der Waals surface area contributed by atoms with Gasteiger partial charge < -0.3 is 10.6 Å². The van der Waals surface area contributed by atoms with Gasteiger partial charge in [0.05, 0.1) is 6.54 Å². The van der Waals surface area contributed by atoms with E-state index in [-0.39, 0.29) is 7.39 Å². The highest BCUT2D eigenvalue weighted by Gasteiger charge is 2.12. The molecule has 14 heavy (non-hydrogen) atoms. The van der Waals surface area contributed by atoms with Crippen LogP contribution in [0.1, 0.15) is 1.43 Å². The second-order valence-electron chi connectivity index (χ2n) is 3.50. The summed E-state index contributed by atoms with van der Waals surface area (Å²) < 4.78 is 0. The molecular weight excluding hydrogens is 180 g/mol. The molecule has 1 aliphatic heterocycles. The lowest BCUT2D eigenvalue weighted by atomic mass is 10.3. The molecule has 1 heterocycles. The first-order valence-electron chi connectivity index (χ1n) is 4.80. The van der Waals surface area contributed by atoms with Gasteiger partial charge in [-0.25, -0.2) is 10.5 Å². The second kappa shape index (κ2) is 5.66. The van der Waals surface area contributed by atoms with Gasteiger partial charge in [-0.05, 0) is 7.05 Å². The first-order chi connectivity index (χ1) is 6.72. The number of hydrogen-bond donors (Lipinski definition) is 2. The molecule has 0 aromatic heterocycles. The highest BCUT2D eigenvalue weighted by molar-refractivity contribution is 5.77. The number of hydrogen-bond acceptors (Lipinski definition) is 4. The van der Waals surface area contributed by atoms with Crippen molar-refractivity contribution in [2.75, 3.05) is 46.3 Å². The van der Waals surface area contributed by atoms with Gasteiger partial charge in [0.25, 0.3) is 0 Å². The molecule has 0 aromatic carbocycles. The minimum atomic E-state index is 0. The number of nitrogens with two attached hydrogens (primary N) is 1. The highest BCUT2D eigenvalue weighted by Crippen LogP contribution is 1.97. The monoisotopic (exact) mass is 200 g/mol. The summed E-state index contributed by atoms with van der Waals surface area (Å²) in [5.74, 6) is 0.0686. The van der Waals surface area contributed by atoms with E-state index in [2.05, 4.69) is 27.0 Å². The summed E-state index contributed by atoms with van der Waals surface area (Å²) in [5.41, 5.74) is 11.9. The van der Waals surface area contributed by atoms with Gasteiger partial charge in [0.2, 0.25) is 5.96 Å². The third-order valence-corrected chi connectivity index (χ3v) is 2.40. The number of nitrogens with one attached hydrogen (secondary N) is 1. The molecule has 6 heteroatoms. The fraction of sp³-hybridized carbons (Fsp3) is 0.875. The molecule has 0 bridgehead atoms. The normalized spacial score (nSPS) is 21.1. The number of guanidine groups is 1. The molecule has 1 rings (SSSR count). The van der Waals surface area contributed by atoms with Crippen LogP contribution in [-0.4, -0.2) is 62.1 Å². The fourth-order valence-electron chi connectivity index (χ4n) is 1.41. The van der Waals surface area contributed by atoms with E-state index in [9.17, 15) is 0 Å². The zero-order chi connectivity index (χ0) is 10.4. The van der Waals surface area contributed by atoms with Crippen LogP contribution in [0.3, 0.4) is 0 Å². The van der Waals surface area contributed by atoms with Crippen molar-refractivity contribution in [1.29, 1.82) is 5.53 Å². The number of rotatable bonds is 3. The number of aliphatic imine (C=N–C) groups is 1. The predicted molar refractivity (Wildman–Crippen MR) is 57.7 cm³/mol. The molecule has 0 spiro atoms. The Hall–Kier alpha value is -1.01. The summed E-state index contributed by atoms with van der Waals surface area (Å²) in [7, 11) is 2.13. The molecular formula is C8H20N6. The average Bonchev–Trinajstić information content (AvgIpc) is 2.21. The molecule has 0 amide bonds. The van der Waals surface area contributed by atoms with Gasteiger partial charge in [-0.1, -0.05) is 0 Å². The first kappa shape index (κ1) is 11.1. The van der Waals surface area contributed by atoms with E-state index in [1.165, 1.54) is 0 Å². The van der Waals surface area contributed by atoms with E-state index in [4.69, 9.17) is 11.3 Å². The van der Waals surface area contributed by atoms with Gasteiger partial charge in [-0.2, -0.15) is 0 Å². The van der Waals surface area contributed by atoms with E-state index in [0.29, 0.717) is 6.54 Å². The Labute approximate surface area is 85.8 Å². The molecule has 0 aromatic rings. The topological polar surface area (TPSA) is 81.1 Å². The van der Waals surface area contributed by atoms with Crippen LogP contribution in [0.15, 0.2) is 10.1 Å². The smallest absolute Gasteiger partial charge is 0.234 e. The summed E-state index contributed by atoms with van der Waals surface area (Å²) in [6, 6.07) is 0. The van der Waals surface area contributed by atoms with E-state index in [1.807, 2.05) is 0 Å². The van der Waals surface area contributed by atoms with Gasteiger partial charge in [-0.15, -0.1) is 5.11 Å². The van der Waals surface area contributed by atoms with E-state index >= 15 is 0 Å². The summed E-state index contributed by atoms with van der Waals surface area (Å²) in [6.07, 6.45) is 0. The molecule has 0 aliphatic carbocycles. The summed E-state index contributed by atoms with van der Waals surface area (Å²) in [4.78, 5) is 8.60. The minimum absolute atomic E-state index is 0. The minimum Gasteiger partial charge on any atom is -0.367 e. The Morgan fingerprint density at radius 3 is 2.64 bits per heavy atom. The summed E-state index contributed by atoms with van der Waals surface area (Å²) in [6.45, 7) is 5.94. The van der Waals surface area contributed by atoms with Crippen LogP contribution in [0, 0.1) is 5.53 Å². The van der Waals surface area contributed by atoms with E-state index in [0.717, 1.165) is 32.7 Å². The zero-order valence-corrected chi connectivity index (χ0v) is 8.61. The Bertz CT molecular complexity index is 211. The Balaban J connectivity index is 0.00000196. The van der Waals surface area contributed by atoms with Crippen LogP contribution in [0.5, 0.6) is 0 Å². The molecule has 0 unspecified atom stereocenters. The SMILES string of the molecule is CN1CCN(CCN=C(N)N=N)CC1.[HH]. The first-order valence-corrected chi connectivity index (χ1v) is 4.80. The molecule has 82 valence electrons. The maximum Gasteiger partial charge on any atom is 0.234 e. The molecule has 1 saturated heterocycles. The fourth-order valence-corrected chi connectivity index (χ4v) is 1.41. The molecule has 0 radical (unpaired) electrons. The Morgan fingerprint density at radius 2 is 2.07 bits per heavy atom. The highest BCUT2D eigenvalue weighted by atomic mass is 15.2. The van der Waals surface area contributed by atoms with Crippen molar-refractivity contribution >= 4 is 5.96 Å². The predicted octanol–water partition coefficient (Wildman–Crippen LogP) is -0.175. The third kappa shape index (κ3) is 3.80. The van der Waals surface area contributed by atoms with Gasteiger partial charge >= 0.3 is 0 Å². The largest absolute Gasteiger partial charge is 0.367 e.